The molecular formula is C16H30N2OS. The maximum Gasteiger partial charge on any atom is 0.244 e. The van der Waals surface area contributed by atoms with Crippen molar-refractivity contribution in [1.82, 2.24) is 10.2 Å². The van der Waals surface area contributed by atoms with E-state index in [4.69, 9.17) is 0 Å². The number of carbonyl (C=O) groups is 1. The predicted octanol–water partition coefficient (Wildman–Crippen LogP) is 3.24. The van der Waals surface area contributed by atoms with Crippen LogP contribution < -0.4 is 5.32 Å². The highest BCUT2D eigenvalue weighted by molar-refractivity contribution is 7.99. The normalized spacial score (nSPS) is 38.2. The molecule has 2 aliphatic rings. The Bertz CT molecular complexity index is 360. The van der Waals surface area contributed by atoms with Crippen molar-refractivity contribution in [2.24, 2.45) is 5.92 Å². The van der Waals surface area contributed by atoms with Crippen LogP contribution in [0.2, 0.25) is 0 Å². The number of carbonyl (C=O) groups excluding carboxylic acids is 1. The predicted molar refractivity (Wildman–Crippen MR) is 86.9 cm³/mol. The number of nitrogens with zero attached hydrogens (tertiary/aromatic N) is 1. The van der Waals surface area contributed by atoms with E-state index in [-0.39, 0.29) is 11.7 Å². The molecule has 3 nitrogen and oxygen atoms in total. The average Bonchev–Trinajstić information content (AvgIpc) is 2.93. The van der Waals surface area contributed by atoms with E-state index in [9.17, 15) is 4.79 Å². The Kier molecular flexibility index (Phi) is 5.06. The first-order valence-corrected chi connectivity index (χ1v) is 9.35. The first-order chi connectivity index (χ1) is 9.42. The summed E-state index contributed by atoms with van der Waals surface area (Å²) in [6.07, 6.45) is 8.03. The van der Waals surface area contributed by atoms with Crippen LogP contribution in [-0.2, 0) is 4.79 Å². The maximum atomic E-state index is 13.0. The van der Waals surface area contributed by atoms with Crippen molar-refractivity contribution < 1.29 is 4.79 Å². The number of hydrogen-bond acceptors (Lipinski definition) is 3. The molecule has 2 fully saturated rings. The molecule has 2 rings (SSSR count). The third-order valence-corrected chi connectivity index (χ3v) is 6.16. The van der Waals surface area contributed by atoms with Crippen LogP contribution in [0.25, 0.3) is 0 Å². The van der Waals surface area contributed by atoms with Gasteiger partial charge < -0.3 is 4.90 Å². The second-order valence-corrected chi connectivity index (χ2v) is 8.04. The number of thioether (sulfide) groups is 1. The minimum Gasteiger partial charge on any atom is -0.321 e. The van der Waals surface area contributed by atoms with Crippen LogP contribution in [0.15, 0.2) is 0 Å². The molecule has 0 aromatic heterocycles. The number of nitrogens with one attached hydrogen (secondary N) is 1. The molecule has 0 aromatic carbocycles. The van der Waals surface area contributed by atoms with Gasteiger partial charge in [0.25, 0.3) is 0 Å². The van der Waals surface area contributed by atoms with Crippen LogP contribution in [0.3, 0.4) is 0 Å². The lowest BCUT2D eigenvalue weighted by Gasteiger charge is -2.34. The molecule has 116 valence electrons. The molecule has 0 radical (unpaired) electrons. The fourth-order valence-electron chi connectivity index (χ4n) is 3.68. The molecule has 1 aliphatic carbocycles. The first kappa shape index (κ1) is 16.2. The summed E-state index contributed by atoms with van der Waals surface area (Å²) in [5.74, 6) is 0.938. The topological polar surface area (TPSA) is 32.3 Å². The SMILES string of the molecule is CCC1(C)NC(CC(C)C)N(C2CCCC2SC)C1=O. The summed E-state index contributed by atoms with van der Waals surface area (Å²) in [6.45, 7) is 8.67. The van der Waals surface area contributed by atoms with E-state index in [1.54, 1.807) is 0 Å². The fourth-order valence-corrected chi connectivity index (χ4v) is 4.66. The summed E-state index contributed by atoms with van der Waals surface area (Å²) in [5.41, 5.74) is -0.356. The lowest BCUT2D eigenvalue weighted by molar-refractivity contribution is -0.135. The first-order valence-electron chi connectivity index (χ1n) is 8.06. The van der Waals surface area contributed by atoms with Gasteiger partial charge in [0.15, 0.2) is 0 Å². The van der Waals surface area contributed by atoms with Gasteiger partial charge in [-0.05, 0) is 44.8 Å². The Morgan fingerprint density at radius 2 is 2.15 bits per heavy atom. The lowest BCUT2D eigenvalue weighted by Crippen LogP contribution is -2.48. The zero-order valence-electron chi connectivity index (χ0n) is 13.6. The van der Waals surface area contributed by atoms with Crippen molar-refractivity contribution >= 4 is 17.7 Å². The Hall–Kier alpha value is -0.220. The number of hydrogen-bond donors (Lipinski definition) is 1. The summed E-state index contributed by atoms with van der Waals surface area (Å²) in [5, 5.41) is 4.26. The highest BCUT2D eigenvalue weighted by Crippen LogP contribution is 2.38. The highest BCUT2D eigenvalue weighted by Gasteiger charge is 2.51. The van der Waals surface area contributed by atoms with Crippen LogP contribution in [0.1, 0.15) is 59.8 Å². The Morgan fingerprint density at radius 1 is 1.45 bits per heavy atom. The van der Waals surface area contributed by atoms with Crippen molar-refractivity contribution in [2.45, 2.75) is 82.8 Å². The Morgan fingerprint density at radius 3 is 2.70 bits per heavy atom. The summed E-state index contributed by atoms with van der Waals surface area (Å²) < 4.78 is 0. The molecular weight excluding hydrogens is 268 g/mol. The molecule has 1 heterocycles. The van der Waals surface area contributed by atoms with E-state index in [0.29, 0.717) is 23.1 Å². The van der Waals surface area contributed by atoms with Gasteiger partial charge in [0.2, 0.25) is 5.91 Å². The molecule has 1 saturated heterocycles. The summed E-state index contributed by atoms with van der Waals surface area (Å²) in [4.78, 5) is 15.2. The molecule has 1 saturated carbocycles. The molecule has 4 atom stereocenters. The third-order valence-electron chi connectivity index (χ3n) is 5.01. The second-order valence-electron chi connectivity index (χ2n) is 6.96. The molecule has 4 unspecified atom stereocenters. The van der Waals surface area contributed by atoms with E-state index in [2.05, 4.69) is 44.2 Å². The van der Waals surface area contributed by atoms with Crippen molar-refractivity contribution in [3.63, 3.8) is 0 Å². The van der Waals surface area contributed by atoms with Gasteiger partial charge in [-0.3, -0.25) is 10.1 Å². The summed E-state index contributed by atoms with van der Waals surface area (Å²) in [7, 11) is 0. The van der Waals surface area contributed by atoms with Crippen LogP contribution in [0.5, 0.6) is 0 Å². The Balaban J connectivity index is 2.23. The van der Waals surface area contributed by atoms with Crippen molar-refractivity contribution in [2.75, 3.05) is 6.26 Å². The molecule has 1 aliphatic heterocycles. The number of amides is 1. The van der Waals surface area contributed by atoms with Crippen molar-refractivity contribution in [3.05, 3.63) is 0 Å². The second kappa shape index (κ2) is 6.27. The zero-order valence-corrected chi connectivity index (χ0v) is 14.4. The minimum atomic E-state index is -0.356. The molecule has 0 aromatic rings. The van der Waals surface area contributed by atoms with E-state index in [1.165, 1.54) is 19.3 Å². The van der Waals surface area contributed by atoms with Gasteiger partial charge in [-0.2, -0.15) is 11.8 Å². The molecule has 20 heavy (non-hydrogen) atoms. The monoisotopic (exact) mass is 298 g/mol. The van der Waals surface area contributed by atoms with Gasteiger partial charge >= 0.3 is 0 Å². The largest absolute Gasteiger partial charge is 0.321 e. The quantitative estimate of drug-likeness (QED) is 0.845. The molecule has 1 amide bonds. The minimum absolute atomic E-state index is 0.227. The number of rotatable bonds is 5. The summed E-state index contributed by atoms with van der Waals surface area (Å²) >= 11 is 1.94. The van der Waals surface area contributed by atoms with E-state index >= 15 is 0 Å². The fraction of sp³-hybridized carbons (Fsp3) is 0.938. The van der Waals surface area contributed by atoms with Gasteiger partial charge in [0.05, 0.1) is 11.7 Å². The molecule has 0 spiro atoms. The van der Waals surface area contributed by atoms with Gasteiger partial charge in [0, 0.05) is 11.3 Å². The lowest BCUT2D eigenvalue weighted by atomic mass is 9.99. The van der Waals surface area contributed by atoms with Crippen LogP contribution in [-0.4, -0.2) is 40.1 Å². The third kappa shape index (κ3) is 2.87. The highest BCUT2D eigenvalue weighted by atomic mass is 32.2. The molecule has 0 bridgehead atoms. The van der Waals surface area contributed by atoms with Crippen molar-refractivity contribution in [3.8, 4) is 0 Å². The summed E-state index contributed by atoms with van der Waals surface area (Å²) in [6, 6.07) is 0.433. The molecule has 1 N–H and O–H groups in total. The smallest absolute Gasteiger partial charge is 0.244 e. The van der Waals surface area contributed by atoms with Gasteiger partial charge in [-0.25, -0.2) is 0 Å². The Labute approximate surface area is 128 Å². The van der Waals surface area contributed by atoms with Crippen LogP contribution in [0, 0.1) is 5.92 Å². The standard InChI is InChI=1S/C16H30N2OS/c1-6-16(4)15(19)18(14(17-16)10-11(2)3)12-8-7-9-13(12)20-5/h11-14,17H,6-10H2,1-5H3. The van der Waals surface area contributed by atoms with Crippen LogP contribution in [0.4, 0.5) is 0 Å². The van der Waals surface area contributed by atoms with Gasteiger partial charge in [-0.1, -0.05) is 27.2 Å². The van der Waals surface area contributed by atoms with E-state index in [0.717, 1.165) is 12.8 Å². The average molecular weight is 298 g/mol. The molecule has 4 heteroatoms. The van der Waals surface area contributed by atoms with E-state index < -0.39 is 0 Å². The van der Waals surface area contributed by atoms with Crippen molar-refractivity contribution in [1.29, 1.82) is 0 Å². The van der Waals surface area contributed by atoms with Crippen LogP contribution >= 0.6 is 11.8 Å². The van der Waals surface area contributed by atoms with Gasteiger partial charge in [-0.15, -0.1) is 0 Å². The van der Waals surface area contributed by atoms with E-state index in [1.807, 2.05) is 11.8 Å². The zero-order chi connectivity index (χ0) is 14.9. The van der Waals surface area contributed by atoms with Gasteiger partial charge in [0.1, 0.15) is 0 Å². The maximum absolute atomic E-state index is 13.0.